The molecule has 0 aliphatic heterocycles. The van der Waals surface area contributed by atoms with E-state index in [0.717, 1.165) is 0 Å². The maximum Gasteiger partial charge on any atom is 0.356 e. The molecule has 0 aliphatic rings. The van der Waals surface area contributed by atoms with E-state index in [1.165, 1.54) is 0 Å². The second-order valence-electron chi connectivity index (χ2n) is 3.65. The minimum atomic E-state index is -3.14. The molecule has 0 spiro atoms. The fourth-order valence-electron chi connectivity index (χ4n) is 0.959. The van der Waals surface area contributed by atoms with Crippen molar-refractivity contribution >= 4 is 19.2 Å². The number of ether oxygens (including phenoxy) is 1. The summed E-state index contributed by atoms with van der Waals surface area (Å²) in [5, 5.41) is 0. The molecule has 0 unspecified atom stereocenters. The van der Waals surface area contributed by atoms with Crippen LogP contribution in [0.4, 0.5) is 0 Å². The summed E-state index contributed by atoms with van der Waals surface area (Å²) in [6.07, 6.45) is -0.362. The van der Waals surface area contributed by atoms with Crippen LogP contribution in [-0.4, -0.2) is 31.0 Å². The minimum absolute atomic E-state index is 0.0456. The van der Waals surface area contributed by atoms with Gasteiger partial charge in [0.25, 0.3) is 0 Å². The van der Waals surface area contributed by atoms with E-state index in [9.17, 15) is 4.57 Å². The molecule has 0 bridgehead atoms. The maximum atomic E-state index is 12.1. The van der Waals surface area contributed by atoms with Crippen molar-refractivity contribution in [2.45, 2.75) is 39.9 Å². The summed E-state index contributed by atoms with van der Waals surface area (Å²) in [6, 6.07) is 0. The SMILES string of the molecule is CC(C)OP(=O)(COCCCl)OC(C)C. The predicted octanol–water partition coefficient (Wildman–Crippen LogP) is 3.24. The molecule has 0 fully saturated rings. The third kappa shape index (κ3) is 8.23. The standard InChI is InChI=1S/C9H20ClO4P/c1-8(2)13-15(11,14-9(3)4)7-12-6-5-10/h8-9H,5-7H2,1-4H3. The van der Waals surface area contributed by atoms with E-state index in [0.29, 0.717) is 12.5 Å². The molecule has 0 amide bonds. The molecule has 92 valence electrons. The smallest absolute Gasteiger partial charge is 0.356 e. The van der Waals surface area contributed by atoms with Crippen LogP contribution in [0.15, 0.2) is 0 Å². The van der Waals surface area contributed by atoms with E-state index in [4.69, 9.17) is 25.4 Å². The molecule has 6 heteroatoms. The van der Waals surface area contributed by atoms with Gasteiger partial charge in [0.15, 0.2) is 0 Å². The topological polar surface area (TPSA) is 44.8 Å². The minimum Gasteiger partial charge on any atom is -0.368 e. The number of alkyl halides is 1. The first-order valence-electron chi connectivity index (χ1n) is 4.99. The van der Waals surface area contributed by atoms with E-state index in [2.05, 4.69) is 0 Å². The molecular formula is C9H20ClO4P. The lowest BCUT2D eigenvalue weighted by atomic mass is 10.5. The zero-order valence-electron chi connectivity index (χ0n) is 9.73. The van der Waals surface area contributed by atoms with E-state index >= 15 is 0 Å². The molecule has 0 radical (unpaired) electrons. The van der Waals surface area contributed by atoms with Crippen molar-refractivity contribution in [1.29, 1.82) is 0 Å². The highest BCUT2D eigenvalue weighted by molar-refractivity contribution is 7.53. The lowest BCUT2D eigenvalue weighted by Gasteiger charge is -2.22. The van der Waals surface area contributed by atoms with Gasteiger partial charge in [-0.15, -0.1) is 11.6 Å². The zero-order chi connectivity index (χ0) is 11.9. The summed E-state index contributed by atoms with van der Waals surface area (Å²) in [6.45, 7) is 7.56. The number of hydrogen-bond donors (Lipinski definition) is 0. The average Bonchev–Trinajstić information content (AvgIpc) is 2.00. The third-order valence-corrected chi connectivity index (χ3v) is 3.35. The lowest BCUT2D eigenvalue weighted by molar-refractivity contribution is 0.104. The largest absolute Gasteiger partial charge is 0.368 e. The van der Waals surface area contributed by atoms with Crippen LogP contribution in [0.2, 0.25) is 0 Å². The van der Waals surface area contributed by atoms with Gasteiger partial charge >= 0.3 is 7.60 Å². The van der Waals surface area contributed by atoms with Gasteiger partial charge in [0.2, 0.25) is 0 Å². The van der Waals surface area contributed by atoms with Gasteiger partial charge < -0.3 is 13.8 Å². The monoisotopic (exact) mass is 258 g/mol. The molecular weight excluding hydrogens is 239 g/mol. The van der Waals surface area contributed by atoms with Gasteiger partial charge in [-0.2, -0.15) is 0 Å². The van der Waals surface area contributed by atoms with Crippen LogP contribution < -0.4 is 0 Å². The Kier molecular flexibility index (Phi) is 7.84. The molecule has 0 atom stereocenters. The Hall–Kier alpha value is 0.400. The van der Waals surface area contributed by atoms with E-state index in [-0.39, 0.29) is 18.6 Å². The van der Waals surface area contributed by atoms with Gasteiger partial charge in [-0.05, 0) is 27.7 Å². The molecule has 0 saturated heterocycles. The first kappa shape index (κ1) is 15.4. The Morgan fingerprint density at radius 3 is 1.93 bits per heavy atom. The van der Waals surface area contributed by atoms with E-state index < -0.39 is 7.60 Å². The highest BCUT2D eigenvalue weighted by Gasteiger charge is 2.27. The fraction of sp³-hybridized carbons (Fsp3) is 1.00. The summed E-state index contributed by atoms with van der Waals surface area (Å²) in [4.78, 5) is 0. The maximum absolute atomic E-state index is 12.1. The molecule has 0 aromatic carbocycles. The molecule has 15 heavy (non-hydrogen) atoms. The second kappa shape index (κ2) is 7.64. The van der Waals surface area contributed by atoms with Crippen LogP contribution in [0.25, 0.3) is 0 Å². The summed E-state index contributed by atoms with van der Waals surface area (Å²) < 4.78 is 27.7. The van der Waals surface area contributed by atoms with Crippen LogP contribution in [0.5, 0.6) is 0 Å². The van der Waals surface area contributed by atoms with Gasteiger partial charge in [-0.3, -0.25) is 4.57 Å². The number of halogens is 1. The Balaban J connectivity index is 4.21. The van der Waals surface area contributed by atoms with E-state index in [1.54, 1.807) is 27.7 Å². The molecule has 0 heterocycles. The van der Waals surface area contributed by atoms with Crippen molar-refractivity contribution in [3.8, 4) is 0 Å². The summed E-state index contributed by atoms with van der Waals surface area (Å²) in [5.41, 5.74) is 0. The Bertz CT molecular complexity index is 194. The second-order valence-corrected chi connectivity index (χ2v) is 5.93. The van der Waals surface area contributed by atoms with Crippen molar-refractivity contribution in [3.05, 3.63) is 0 Å². The molecule has 0 aromatic heterocycles. The molecule has 0 aromatic rings. The summed E-state index contributed by atoms with van der Waals surface area (Å²) >= 11 is 5.45. The van der Waals surface area contributed by atoms with Crippen molar-refractivity contribution in [2.75, 3.05) is 18.8 Å². The Morgan fingerprint density at radius 2 is 1.60 bits per heavy atom. The first-order chi connectivity index (χ1) is 6.89. The van der Waals surface area contributed by atoms with Crippen molar-refractivity contribution in [2.24, 2.45) is 0 Å². The van der Waals surface area contributed by atoms with Crippen LogP contribution in [0.1, 0.15) is 27.7 Å². The van der Waals surface area contributed by atoms with Gasteiger partial charge in [-0.1, -0.05) is 0 Å². The third-order valence-electron chi connectivity index (χ3n) is 1.21. The van der Waals surface area contributed by atoms with Crippen LogP contribution in [-0.2, 0) is 18.3 Å². The predicted molar refractivity (Wildman–Crippen MR) is 61.6 cm³/mol. The Labute approximate surface area is 96.8 Å². The van der Waals surface area contributed by atoms with Crippen LogP contribution in [0, 0.1) is 0 Å². The highest BCUT2D eigenvalue weighted by atomic mass is 35.5. The Morgan fingerprint density at radius 1 is 1.13 bits per heavy atom. The molecule has 4 nitrogen and oxygen atoms in total. The lowest BCUT2D eigenvalue weighted by Crippen LogP contribution is -2.12. The summed E-state index contributed by atoms with van der Waals surface area (Å²) in [5.74, 6) is 0.364. The van der Waals surface area contributed by atoms with Crippen LogP contribution in [0.3, 0.4) is 0 Å². The van der Waals surface area contributed by atoms with Gasteiger partial charge in [0.1, 0.15) is 6.35 Å². The van der Waals surface area contributed by atoms with Crippen LogP contribution >= 0.6 is 19.2 Å². The fourth-order valence-corrected chi connectivity index (χ4v) is 2.88. The average molecular weight is 259 g/mol. The number of hydrogen-bond acceptors (Lipinski definition) is 4. The van der Waals surface area contributed by atoms with Crippen molar-refractivity contribution in [3.63, 3.8) is 0 Å². The first-order valence-corrected chi connectivity index (χ1v) is 7.25. The summed E-state index contributed by atoms with van der Waals surface area (Å²) in [7, 11) is -3.14. The van der Waals surface area contributed by atoms with Crippen molar-refractivity contribution < 1.29 is 18.3 Å². The van der Waals surface area contributed by atoms with Gasteiger partial charge in [-0.25, -0.2) is 0 Å². The molecule has 0 aliphatic carbocycles. The zero-order valence-corrected chi connectivity index (χ0v) is 11.4. The van der Waals surface area contributed by atoms with Gasteiger partial charge in [0, 0.05) is 5.88 Å². The van der Waals surface area contributed by atoms with E-state index in [1.807, 2.05) is 0 Å². The van der Waals surface area contributed by atoms with Crippen molar-refractivity contribution in [1.82, 2.24) is 0 Å². The quantitative estimate of drug-likeness (QED) is 0.381. The molecule has 0 rings (SSSR count). The highest BCUT2D eigenvalue weighted by Crippen LogP contribution is 2.50. The number of rotatable bonds is 8. The molecule has 0 saturated carbocycles. The van der Waals surface area contributed by atoms with Gasteiger partial charge in [0.05, 0.1) is 18.8 Å². The molecule has 0 N–H and O–H groups in total. The normalized spacial score (nSPS) is 12.7.